The lowest BCUT2D eigenvalue weighted by atomic mass is 10.0. The zero-order valence-corrected chi connectivity index (χ0v) is 10.7. The third kappa shape index (κ3) is 2.27. The molecule has 94 valence electrons. The summed E-state index contributed by atoms with van der Waals surface area (Å²) in [6.07, 6.45) is 1.72. The quantitative estimate of drug-likeness (QED) is 0.703. The van der Waals surface area contributed by atoms with E-state index in [1.165, 1.54) is 0 Å². The molecule has 20 heavy (non-hydrogen) atoms. The van der Waals surface area contributed by atoms with Crippen molar-refractivity contribution in [1.29, 1.82) is 5.26 Å². The van der Waals surface area contributed by atoms with Crippen molar-refractivity contribution in [2.24, 2.45) is 0 Å². The summed E-state index contributed by atoms with van der Waals surface area (Å²) in [5.41, 5.74) is 3.72. The summed E-state index contributed by atoms with van der Waals surface area (Å²) >= 11 is 0. The van der Waals surface area contributed by atoms with Crippen molar-refractivity contribution in [2.45, 2.75) is 0 Å². The highest BCUT2D eigenvalue weighted by atomic mass is 14.8. The first-order chi connectivity index (χ1) is 9.88. The fourth-order valence-electron chi connectivity index (χ4n) is 2.05. The average Bonchev–Trinajstić information content (AvgIpc) is 2.56. The molecule has 3 heteroatoms. The topological polar surface area (TPSA) is 49.6 Å². The normalized spacial score (nSPS) is 9.95. The predicted octanol–water partition coefficient (Wildman–Crippen LogP) is 3.68. The monoisotopic (exact) mass is 257 g/mol. The SMILES string of the molecule is N#Cc1nc(-c2ccccn2)ccc1-c1ccccc1. The molecule has 0 fully saturated rings. The van der Waals surface area contributed by atoms with Crippen molar-refractivity contribution in [3.63, 3.8) is 0 Å². The summed E-state index contributed by atoms with van der Waals surface area (Å²) < 4.78 is 0. The van der Waals surface area contributed by atoms with Crippen LogP contribution in [-0.4, -0.2) is 9.97 Å². The third-order valence-corrected chi connectivity index (χ3v) is 3.01. The highest BCUT2D eigenvalue weighted by molar-refractivity contribution is 5.71. The molecule has 3 aromatic rings. The van der Waals surface area contributed by atoms with Crippen LogP contribution in [0.3, 0.4) is 0 Å². The van der Waals surface area contributed by atoms with Crippen LogP contribution >= 0.6 is 0 Å². The molecule has 0 amide bonds. The van der Waals surface area contributed by atoms with Crippen molar-refractivity contribution < 1.29 is 0 Å². The zero-order chi connectivity index (χ0) is 13.8. The van der Waals surface area contributed by atoms with E-state index in [-0.39, 0.29) is 0 Å². The van der Waals surface area contributed by atoms with Gasteiger partial charge in [0.15, 0.2) is 0 Å². The molecule has 3 nitrogen and oxygen atoms in total. The van der Waals surface area contributed by atoms with Gasteiger partial charge in [0.2, 0.25) is 0 Å². The fraction of sp³-hybridized carbons (Fsp3) is 0. The summed E-state index contributed by atoms with van der Waals surface area (Å²) in [5, 5.41) is 9.32. The molecule has 0 radical (unpaired) electrons. The smallest absolute Gasteiger partial charge is 0.149 e. The second kappa shape index (κ2) is 5.33. The fourth-order valence-corrected chi connectivity index (χ4v) is 2.05. The molecule has 1 aromatic carbocycles. The highest BCUT2D eigenvalue weighted by Crippen LogP contribution is 2.24. The molecule has 0 spiro atoms. The Hall–Kier alpha value is -2.99. The van der Waals surface area contributed by atoms with Gasteiger partial charge < -0.3 is 0 Å². The summed E-state index contributed by atoms with van der Waals surface area (Å²) in [5.74, 6) is 0. The maximum absolute atomic E-state index is 9.32. The molecule has 0 saturated carbocycles. The van der Waals surface area contributed by atoms with Gasteiger partial charge in [0.25, 0.3) is 0 Å². The van der Waals surface area contributed by atoms with Crippen molar-refractivity contribution in [2.75, 3.05) is 0 Å². The molecule has 0 aliphatic heterocycles. The molecule has 0 aliphatic carbocycles. The molecule has 2 aromatic heterocycles. The van der Waals surface area contributed by atoms with Crippen molar-refractivity contribution in [3.8, 4) is 28.6 Å². The second-order valence-electron chi connectivity index (χ2n) is 4.29. The van der Waals surface area contributed by atoms with Gasteiger partial charge >= 0.3 is 0 Å². The number of rotatable bonds is 2. The summed E-state index contributed by atoms with van der Waals surface area (Å²) in [6.45, 7) is 0. The van der Waals surface area contributed by atoms with Crippen molar-refractivity contribution in [1.82, 2.24) is 9.97 Å². The zero-order valence-electron chi connectivity index (χ0n) is 10.7. The Bertz CT molecular complexity index is 759. The van der Waals surface area contributed by atoms with Crippen LogP contribution in [0.1, 0.15) is 5.69 Å². The first-order valence-corrected chi connectivity index (χ1v) is 6.26. The first-order valence-electron chi connectivity index (χ1n) is 6.26. The van der Waals surface area contributed by atoms with E-state index < -0.39 is 0 Å². The molecular formula is C17H11N3. The van der Waals surface area contributed by atoms with Crippen LogP contribution in [-0.2, 0) is 0 Å². The van der Waals surface area contributed by atoms with Gasteiger partial charge in [-0.1, -0.05) is 36.4 Å². The van der Waals surface area contributed by atoms with Crippen LogP contribution in [0.5, 0.6) is 0 Å². The van der Waals surface area contributed by atoms with Crippen LogP contribution in [0, 0.1) is 11.3 Å². The van der Waals surface area contributed by atoms with Gasteiger partial charge in [-0.25, -0.2) is 4.98 Å². The van der Waals surface area contributed by atoms with E-state index in [0.717, 1.165) is 16.8 Å². The summed E-state index contributed by atoms with van der Waals surface area (Å²) in [7, 11) is 0. The molecule has 0 atom stereocenters. The number of benzene rings is 1. The van der Waals surface area contributed by atoms with E-state index in [4.69, 9.17) is 0 Å². The van der Waals surface area contributed by atoms with Gasteiger partial charge in [-0.2, -0.15) is 5.26 Å². The molecule has 0 aliphatic rings. The minimum absolute atomic E-state index is 0.416. The molecule has 0 N–H and O–H groups in total. The average molecular weight is 257 g/mol. The largest absolute Gasteiger partial charge is 0.255 e. The molecular weight excluding hydrogens is 246 g/mol. The number of nitriles is 1. The Morgan fingerprint density at radius 2 is 1.60 bits per heavy atom. The second-order valence-corrected chi connectivity index (χ2v) is 4.29. The Labute approximate surface area is 117 Å². The van der Waals surface area contributed by atoms with E-state index in [0.29, 0.717) is 11.4 Å². The van der Waals surface area contributed by atoms with E-state index in [9.17, 15) is 5.26 Å². The minimum Gasteiger partial charge on any atom is -0.255 e. The maximum atomic E-state index is 9.32. The predicted molar refractivity (Wildman–Crippen MR) is 77.6 cm³/mol. The van der Waals surface area contributed by atoms with Crippen LogP contribution in [0.4, 0.5) is 0 Å². The number of hydrogen-bond acceptors (Lipinski definition) is 3. The number of pyridine rings is 2. The number of nitrogens with zero attached hydrogens (tertiary/aromatic N) is 3. The number of hydrogen-bond donors (Lipinski definition) is 0. The maximum Gasteiger partial charge on any atom is 0.149 e. The standard InChI is InChI=1S/C17H11N3/c18-12-17-14(13-6-2-1-3-7-13)9-10-16(20-17)15-8-4-5-11-19-15/h1-11H. The Morgan fingerprint density at radius 3 is 2.30 bits per heavy atom. The first kappa shape index (κ1) is 12.1. The molecule has 2 heterocycles. The lowest BCUT2D eigenvalue weighted by Crippen LogP contribution is -1.93. The number of aromatic nitrogens is 2. The Balaban J connectivity index is 2.11. The van der Waals surface area contributed by atoms with Gasteiger partial charge in [-0.3, -0.25) is 4.98 Å². The molecule has 0 bridgehead atoms. The van der Waals surface area contributed by atoms with Crippen LogP contribution in [0.15, 0.2) is 66.9 Å². The summed E-state index contributed by atoms with van der Waals surface area (Å²) in [4.78, 5) is 8.67. The van der Waals surface area contributed by atoms with Gasteiger partial charge in [0, 0.05) is 11.8 Å². The van der Waals surface area contributed by atoms with E-state index in [2.05, 4.69) is 16.0 Å². The summed E-state index contributed by atoms with van der Waals surface area (Å²) in [6, 6.07) is 21.4. The Kier molecular flexibility index (Phi) is 3.22. The van der Waals surface area contributed by atoms with Gasteiger partial charge in [-0.15, -0.1) is 0 Å². The third-order valence-electron chi connectivity index (χ3n) is 3.01. The minimum atomic E-state index is 0.416. The van der Waals surface area contributed by atoms with Crippen LogP contribution < -0.4 is 0 Å². The van der Waals surface area contributed by atoms with Crippen LogP contribution in [0.25, 0.3) is 22.5 Å². The molecule has 0 unspecified atom stereocenters. The molecule has 3 rings (SSSR count). The van der Waals surface area contributed by atoms with Gasteiger partial charge in [0.1, 0.15) is 11.8 Å². The molecule has 0 saturated heterocycles. The lowest BCUT2D eigenvalue weighted by Gasteiger charge is -2.06. The van der Waals surface area contributed by atoms with Gasteiger partial charge in [0.05, 0.1) is 11.4 Å². The highest BCUT2D eigenvalue weighted by Gasteiger charge is 2.09. The van der Waals surface area contributed by atoms with E-state index in [1.807, 2.05) is 60.7 Å². The van der Waals surface area contributed by atoms with E-state index in [1.54, 1.807) is 6.20 Å². The van der Waals surface area contributed by atoms with Crippen LogP contribution in [0.2, 0.25) is 0 Å². The van der Waals surface area contributed by atoms with Crippen molar-refractivity contribution in [3.05, 3.63) is 72.6 Å². The van der Waals surface area contributed by atoms with Crippen molar-refractivity contribution >= 4 is 0 Å². The lowest BCUT2D eigenvalue weighted by molar-refractivity contribution is 1.22. The van der Waals surface area contributed by atoms with Gasteiger partial charge in [-0.05, 0) is 29.8 Å². The Morgan fingerprint density at radius 1 is 0.800 bits per heavy atom. The van der Waals surface area contributed by atoms with E-state index >= 15 is 0 Å².